The Morgan fingerprint density at radius 1 is 1.30 bits per heavy atom. The van der Waals surface area contributed by atoms with Crippen molar-refractivity contribution in [1.29, 1.82) is 0 Å². The van der Waals surface area contributed by atoms with Crippen LogP contribution < -0.4 is 20.3 Å². The maximum absolute atomic E-state index is 10.6. The van der Waals surface area contributed by atoms with Crippen LogP contribution in [0.15, 0.2) is 48.5 Å². The highest BCUT2D eigenvalue weighted by Gasteiger charge is 2.23. The van der Waals surface area contributed by atoms with Gasteiger partial charge in [-0.1, -0.05) is 36.4 Å². The summed E-state index contributed by atoms with van der Waals surface area (Å²) in [6.07, 6.45) is -0.501. The topological polar surface area (TPSA) is 86.2 Å². The van der Waals surface area contributed by atoms with Crippen LogP contribution in [0.25, 0.3) is 0 Å². The molecule has 1 aliphatic rings. The summed E-state index contributed by atoms with van der Waals surface area (Å²) < 4.78 is 10.2. The largest absolute Gasteiger partial charge is 0.546 e. The van der Waals surface area contributed by atoms with Crippen molar-refractivity contribution in [1.82, 2.24) is 0 Å². The Kier molecular flexibility index (Phi) is 5.60. The van der Waals surface area contributed by atoms with E-state index >= 15 is 0 Å². The highest BCUT2D eigenvalue weighted by atomic mass is 16.5. The summed E-state index contributed by atoms with van der Waals surface area (Å²) >= 11 is 0. The first-order valence-corrected chi connectivity index (χ1v) is 7.43. The second-order valence-electron chi connectivity index (χ2n) is 5.42. The quantitative estimate of drug-likeness (QED) is 0.905. The van der Waals surface area contributed by atoms with Crippen LogP contribution in [-0.2, 0) is 11.2 Å². The third-order valence-electron chi connectivity index (χ3n) is 3.58. The average molecular weight is 315 g/mol. The Labute approximate surface area is 135 Å². The summed E-state index contributed by atoms with van der Waals surface area (Å²) in [4.78, 5) is 10.6. The number of rotatable bonds is 3. The van der Waals surface area contributed by atoms with Crippen molar-refractivity contribution in [3.63, 3.8) is 0 Å². The SMILES string of the molecule is COc1ccc2c(c1)O[C@H](C(=O)[O-])C2.C[C@H]([NH3+])c1ccccc1. The van der Waals surface area contributed by atoms with Gasteiger partial charge in [0.25, 0.3) is 0 Å². The van der Waals surface area contributed by atoms with E-state index in [-0.39, 0.29) is 0 Å². The second kappa shape index (κ2) is 7.65. The van der Waals surface area contributed by atoms with Gasteiger partial charge < -0.3 is 25.1 Å². The van der Waals surface area contributed by atoms with E-state index < -0.39 is 12.1 Å². The maximum atomic E-state index is 10.6. The van der Waals surface area contributed by atoms with Crippen LogP contribution >= 0.6 is 0 Å². The molecule has 0 aliphatic carbocycles. The number of hydrogen-bond acceptors (Lipinski definition) is 4. The molecule has 1 heterocycles. The number of carboxylic acid groups (broad SMARTS) is 1. The lowest BCUT2D eigenvalue weighted by molar-refractivity contribution is -0.420. The van der Waals surface area contributed by atoms with Gasteiger partial charge in [-0.05, 0) is 18.6 Å². The molecule has 1 aliphatic heterocycles. The number of carbonyl (C=O) groups excluding carboxylic acids is 1. The van der Waals surface area contributed by atoms with Gasteiger partial charge >= 0.3 is 0 Å². The van der Waals surface area contributed by atoms with Gasteiger partial charge in [-0.15, -0.1) is 0 Å². The molecule has 5 nitrogen and oxygen atoms in total. The van der Waals surface area contributed by atoms with Gasteiger partial charge in [0, 0.05) is 18.1 Å². The molecular weight excluding hydrogens is 294 g/mol. The smallest absolute Gasteiger partial charge is 0.142 e. The summed E-state index contributed by atoms with van der Waals surface area (Å²) in [5.74, 6) is 0.0430. The Balaban J connectivity index is 0.000000185. The van der Waals surface area contributed by atoms with Crippen molar-refractivity contribution in [2.24, 2.45) is 0 Å². The summed E-state index contributed by atoms with van der Waals surface area (Å²) in [7, 11) is 1.55. The minimum absolute atomic E-state index is 0.363. The molecule has 0 radical (unpaired) electrons. The van der Waals surface area contributed by atoms with Crippen molar-refractivity contribution in [2.45, 2.75) is 25.5 Å². The number of fused-ring (bicyclic) bond motifs is 1. The fourth-order valence-electron chi connectivity index (χ4n) is 2.25. The van der Waals surface area contributed by atoms with Crippen molar-refractivity contribution < 1.29 is 25.1 Å². The number of aliphatic carboxylic acids is 1. The zero-order chi connectivity index (χ0) is 16.8. The summed E-state index contributed by atoms with van der Waals surface area (Å²) in [6, 6.07) is 16.0. The van der Waals surface area contributed by atoms with E-state index in [0.29, 0.717) is 24.0 Å². The highest BCUT2D eigenvalue weighted by molar-refractivity contribution is 5.72. The molecule has 2 atom stereocenters. The lowest BCUT2D eigenvalue weighted by Gasteiger charge is -2.10. The molecule has 0 saturated heterocycles. The molecule has 0 saturated carbocycles. The van der Waals surface area contributed by atoms with Gasteiger partial charge in [0.15, 0.2) is 0 Å². The van der Waals surface area contributed by atoms with Crippen molar-refractivity contribution in [3.05, 3.63) is 59.7 Å². The minimum Gasteiger partial charge on any atom is -0.546 e. The van der Waals surface area contributed by atoms with Gasteiger partial charge in [-0.3, -0.25) is 0 Å². The summed E-state index contributed by atoms with van der Waals surface area (Å²) in [5.41, 5.74) is 6.09. The Bertz CT molecular complexity index is 655. The maximum Gasteiger partial charge on any atom is 0.142 e. The van der Waals surface area contributed by atoms with Gasteiger partial charge in [0.05, 0.1) is 13.1 Å². The monoisotopic (exact) mass is 315 g/mol. The lowest BCUT2D eigenvalue weighted by atomic mass is 10.1. The third-order valence-corrected chi connectivity index (χ3v) is 3.58. The lowest BCUT2D eigenvalue weighted by Crippen LogP contribution is -2.51. The van der Waals surface area contributed by atoms with Crippen LogP contribution in [-0.4, -0.2) is 19.2 Å². The first-order valence-electron chi connectivity index (χ1n) is 7.43. The molecule has 3 rings (SSSR count). The first kappa shape index (κ1) is 16.8. The zero-order valence-corrected chi connectivity index (χ0v) is 13.3. The molecule has 122 valence electrons. The number of methoxy groups -OCH3 is 1. The van der Waals surface area contributed by atoms with Crippen LogP contribution in [0.3, 0.4) is 0 Å². The molecule has 3 N–H and O–H groups in total. The van der Waals surface area contributed by atoms with Crippen LogP contribution in [0.2, 0.25) is 0 Å². The van der Waals surface area contributed by atoms with Crippen molar-refractivity contribution in [2.75, 3.05) is 7.11 Å². The van der Waals surface area contributed by atoms with Gasteiger partial charge in [-0.25, -0.2) is 0 Å². The molecule has 0 amide bonds. The number of quaternary nitrogens is 1. The standard InChI is InChI=1S/C10H10O4.C8H11N/c1-13-7-3-2-6-4-9(10(11)12)14-8(6)5-7;1-7(9)8-5-3-2-4-6-8/h2-3,5,9H,4H2,1H3,(H,11,12);2-7H,9H2,1H3/t9-;7-/m00/s1. The van der Waals surface area contributed by atoms with Crippen LogP contribution in [0.1, 0.15) is 24.1 Å². The number of hydrogen-bond donors (Lipinski definition) is 1. The van der Waals surface area contributed by atoms with E-state index in [2.05, 4.69) is 24.8 Å². The molecule has 0 bridgehead atoms. The van der Waals surface area contributed by atoms with E-state index in [1.165, 1.54) is 5.56 Å². The molecule has 0 aromatic heterocycles. The molecular formula is C18H21NO4. The van der Waals surface area contributed by atoms with Crippen molar-refractivity contribution in [3.8, 4) is 11.5 Å². The molecule has 2 aromatic carbocycles. The molecule has 0 fully saturated rings. The van der Waals surface area contributed by atoms with E-state index in [0.717, 1.165) is 5.56 Å². The molecule has 5 heteroatoms. The van der Waals surface area contributed by atoms with E-state index in [9.17, 15) is 9.90 Å². The minimum atomic E-state index is -1.18. The zero-order valence-electron chi connectivity index (χ0n) is 13.3. The third kappa shape index (κ3) is 4.47. The second-order valence-corrected chi connectivity index (χ2v) is 5.42. The number of carboxylic acids is 1. The van der Waals surface area contributed by atoms with E-state index in [4.69, 9.17) is 9.47 Å². The predicted octanol–water partition coefficient (Wildman–Crippen LogP) is 0.738. The first-order chi connectivity index (χ1) is 11.0. The number of benzene rings is 2. The fourth-order valence-corrected chi connectivity index (χ4v) is 2.25. The predicted molar refractivity (Wildman–Crippen MR) is 83.9 cm³/mol. The van der Waals surface area contributed by atoms with Gasteiger partial charge in [0.2, 0.25) is 0 Å². The molecule has 0 unspecified atom stereocenters. The fraction of sp³-hybridized carbons (Fsp3) is 0.278. The Hall–Kier alpha value is -2.53. The van der Waals surface area contributed by atoms with Crippen LogP contribution in [0.4, 0.5) is 0 Å². The number of carbonyl (C=O) groups is 1. The molecule has 23 heavy (non-hydrogen) atoms. The Morgan fingerprint density at radius 2 is 2.00 bits per heavy atom. The van der Waals surface area contributed by atoms with E-state index in [1.807, 2.05) is 18.2 Å². The van der Waals surface area contributed by atoms with Gasteiger partial charge in [-0.2, -0.15) is 0 Å². The highest BCUT2D eigenvalue weighted by Crippen LogP contribution is 2.32. The molecule has 0 spiro atoms. The average Bonchev–Trinajstić information content (AvgIpc) is 2.99. The summed E-state index contributed by atoms with van der Waals surface area (Å²) in [6.45, 7) is 2.09. The normalized spacial score (nSPS) is 16.4. The Morgan fingerprint density at radius 3 is 2.52 bits per heavy atom. The van der Waals surface area contributed by atoms with Crippen LogP contribution in [0.5, 0.6) is 11.5 Å². The van der Waals surface area contributed by atoms with Crippen LogP contribution in [0, 0.1) is 0 Å². The van der Waals surface area contributed by atoms with E-state index in [1.54, 1.807) is 25.3 Å². The summed E-state index contributed by atoms with van der Waals surface area (Å²) in [5, 5.41) is 10.6. The van der Waals surface area contributed by atoms with Crippen molar-refractivity contribution >= 4 is 5.97 Å². The molecule has 2 aromatic rings. The van der Waals surface area contributed by atoms with Gasteiger partial charge in [0.1, 0.15) is 23.6 Å². The number of ether oxygens (including phenoxy) is 2.